The molecule has 0 bridgehead atoms. The van der Waals surface area contributed by atoms with Crippen molar-refractivity contribution in [2.75, 3.05) is 14.1 Å². The highest BCUT2D eigenvalue weighted by Gasteiger charge is 2.64. The summed E-state index contributed by atoms with van der Waals surface area (Å²) in [6, 6.07) is 1.86. The summed E-state index contributed by atoms with van der Waals surface area (Å²) in [5, 5.41) is 48.7. The van der Waals surface area contributed by atoms with Gasteiger partial charge < -0.3 is 31.0 Å². The van der Waals surface area contributed by atoms with Crippen molar-refractivity contribution in [3.63, 3.8) is 0 Å². The van der Waals surface area contributed by atoms with Crippen LogP contribution < -0.4 is 5.73 Å². The van der Waals surface area contributed by atoms with E-state index in [0.717, 1.165) is 0 Å². The maximum Gasteiger partial charge on any atom is 0.255 e. The number of primary amides is 1. The average molecular weight is 528 g/mol. The molecule has 3 aliphatic carbocycles. The van der Waals surface area contributed by atoms with Gasteiger partial charge in [0.1, 0.15) is 28.4 Å². The zero-order valence-electron chi connectivity index (χ0n) is 22.2. The molecule has 6 N–H and O–H groups in total. The number of phenols is 1. The lowest BCUT2D eigenvalue weighted by atomic mass is 9.57. The number of nitrogens with two attached hydrogens (primary N) is 1. The second kappa shape index (κ2) is 8.95. The minimum atomic E-state index is -2.67. The number of ketones is 2. The topological polar surface area (TPSA) is 183 Å². The lowest BCUT2D eigenvalue weighted by Gasteiger charge is -2.50. The van der Waals surface area contributed by atoms with Crippen LogP contribution in [0.4, 0.5) is 0 Å². The van der Waals surface area contributed by atoms with Crippen LogP contribution in [0.1, 0.15) is 50.8 Å². The van der Waals surface area contributed by atoms with Crippen LogP contribution in [0.15, 0.2) is 34.2 Å². The summed E-state index contributed by atoms with van der Waals surface area (Å²) in [7, 11) is 3.11. The Morgan fingerprint density at radius 3 is 2.37 bits per heavy atom. The quantitative estimate of drug-likeness (QED) is 0.220. The number of aliphatic hydroxyl groups excluding tert-OH is 2. The number of nitrogens with zero attached hydrogens (tertiary/aromatic N) is 2. The van der Waals surface area contributed by atoms with Gasteiger partial charge in [-0.2, -0.15) is 0 Å². The number of oxime groups is 1. The number of aromatic hydroxyl groups is 1. The molecule has 3 aliphatic rings. The van der Waals surface area contributed by atoms with Gasteiger partial charge >= 0.3 is 0 Å². The van der Waals surface area contributed by atoms with Gasteiger partial charge in [-0.25, -0.2) is 0 Å². The Kier molecular flexibility index (Phi) is 6.44. The van der Waals surface area contributed by atoms with Crippen molar-refractivity contribution >= 4 is 28.9 Å². The first-order valence-corrected chi connectivity index (χ1v) is 12.2. The highest BCUT2D eigenvalue weighted by Crippen LogP contribution is 2.53. The van der Waals surface area contributed by atoms with Crippen molar-refractivity contribution in [3.05, 3.63) is 45.7 Å². The summed E-state index contributed by atoms with van der Waals surface area (Å²) in [6.07, 6.45) is 0.177. The second-order valence-corrected chi connectivity index (χ2v) is 11.3. The predicted molar refractivity (Wildman–Crippen MR) is 137 cm³/mol. The van der Waals surface area contributed by atoms with Gasteiger partial charge in [0, 0.05) is 17.1 Å². The molecule has 4 rings (SSSR count). The van der Waals surface area contributed by atoms with Crippen molar-refractivity contribution < 1.29 is 39.6 Å². The molecule has 1 aromatic rings. The van der Waals surface area contributed by atoms with Gasteiger partial charge in [-0.3, -0.25) is 19.3 Å². The van der Waals surface area contributed by atoms with E-state index in [0.29, 0.717) is 16.8 Å². The highest BCUT2D eigenvalue weighted by molar-refractivity contribution is 6.24. The molecule has 1 saturated carbocycles. The summed E-state index contributed by atoms with van der Waals surface area (Å²) in [6.45, 7) is 7.24. The molecule has 204 valence electrons. The molecule has 0 aromatic heterocycles. The molecular weight excluding hydrogens is 494 g/mol. The van der Waals surface area contributed by atoms with Crippen LogP contribution >= 0.6 is 0 Å². The number of carbonyl (C=O) groups is 3. The number of Topliss-reactive ketones (excluding diaryl/α,β-unsaturated/α-hetero) is 2. The molecule has 1 amide bonds. The van der Waals surface area contributed by atoms with E-state index >= 15 is 0 Å². The normalized spacial score (nSPS) is 27.8. The lowest BCUT2D eigenvalue weighted by Crippen LogP contribution is -2.65. The monoisotopic (exact) mass is 527 g/mol. The second-order valence-electron chi connectivity index (χ2n) is 11.3. The minimum Gasteiger partial charge on any atom is -0.508 e. The summed E-state index contributed by atoms with van der Waals surface area (Å²) in [5.74, 6) is -6.89. The van der Waals surface area contributed by atoms with Crippen molar-refractivity contribution in [3.8, 4) is 5.75 Å². The highest BCUT2D eigenvalue weighted by atomic mass is 16.6. The molecule has 38 heavy (non-hydrogen) atoms. The maximum atomic E-state index is 13.9. The third-order valence-electron chi connectivity index (χ3n) is 7.45. The maximum absolute atomic E-state index is 13.9. The zero-order chi connectivity index (χ0) is 28.5. The average Bonchev–Trinajstić information content (AvgIpc) is 2.79. The molecule has 0 saturated heterocycles. The number of benzene rings is 1. The Morgan fingerprint density at radius 2 is 1.82 bits per heavy atom. The molecule has 0 spiro atoms. The van der Waals surface area contributed by atoms with Gasteiger partial charge in [-0.05, 0) is 78.2 Å². The van der Waals surface area contributed by atoms with Crippen molar-refractivity contribution in [1.29, 1.82) is 0 Å². The number of aliphatic hydroxyl groups is 3. The molecule has 1 aromatic carbocycles. The van der Waals surface area contributed by atoms with Crippen molar-refractivity contribution in [1.82, 2.24) is 4.90 Å². The molecule has 0 radical (unpaired) electrons. The standard InChI is InChI=1S/C27H33N3O8/c1-11(29-38-26(2,3)4)13-7-8-16(31)18-14(13)9-12-10-15-20(30(5)6)22(33)19(25(28)36)24(35)27(15,37)23(34)17(12)21(18)32/h7-8,12,15,20,31-32,35,37H,9-10H2,1-6H3,(H2,28,36)/b29-11+/t12-,15-,20?,27+/m0/s1. The number of phenolic OH excluding ortho intramolecular Hbond substituents is 1. The molecule has 0 aliphatic heterocycles. The smallest absolute Gasteiger partial charge is 0.255 e. The molecule has 4 atom stereocenters. The summed E-state index contributed by atoms with van der Waals surface area (Å²) in [5.41, 5.74) is 2.66. The summed E-state index contributed by atoms with van der Waals surface area (Å²) >= 11 is 0. The molecular formula is C27H33N3O8. The number of hydrogen-bond acceptors (Lipinski definition) is 10. The van der Waals surface area contributed by atoms with Crippen LogP contribution in [0.5, 0.6) is 5.75 Å². The van der Waals surface area contributed by atoms with E-state index < -0.39 is 63.6 Å². The van der Waals surface area contributed by atoms with Crippen molar-refractivity contribution in [2.45, 2.75) is 57.8 Å². The van der Waals surface area contributed by atoms with Crippen LogP contribution in [0, 0.1) is 11.8 Å². The van der Waals surface area contributed by atoms with E-state index in [1.165, 1.54) is 11.0 Å². The van der Waals surface area contributed by atoms with E-state index in [-0.39, 0.29) is 29.7 Å². The van der Waals surface area contributed by atoms with Crippen LogP contribution in [0.25, 0.3) is 5.76 Å². The Balaban J connectivity index is 1.93. The molecule has 0 heterocycles. The Morgan fingerprint density at radius 1 is 1.18 bits per heavy atom. The third-order valence-corrected chi connectivity index (χ3v) is 7.45. The number of fused-ring (bicyclic) bond motifs is 3. The lowest BCUT2D eigenvalue weighted by molar-refractivity contribution is -0.153. The first-order valence-electron chi connectivity index (χ1n) is 12.2. The van der Waals surface area contributed by atoms with E-state index in [1.807, 2.05) is 20.8 Å². The number of carbonyl (C=O) groups excluding carboxylic acids is 3. The Bertz CT molecular complexity index is 1350. The zero-order valence-corrected chi connectivity index (χ0v) is 22.2. The van der Waals surface area contributed by atoms with Gasteiger partial charge in [0.25, 0.3) is 5.91 Å². The van der Waals surface area contributed by atoms with Crippen LogP contribution in [0.3, 0.4) is 0 Å². The first-order chi connectivity index (χ1) is 17.5. The van der Waals surface area contributed by atoms with Crippen LogP contribution in [-0.4, -0.2) is 79.9 Å². The van der Waals surface area contributed by atoms with Gasteiger partial charge in [-0.1, -0.05) is 5.16 Å². The largest absolute Gasteiger partial charge is 0.508 e. The van der Waals surface area contributed by atoms with E-state index in [2.05, 4.69) is 5.16 Å². The van der Waals surface area contributed by atoms with Gasteiger partial charge in [-0.15, -0.1) is 0 Å². The fourth-order valence-electron chi connectivity index (χ4n) is 5.84. The number of hydrogen-bond donors (Lipinski definition) is 5. The number of amides is 1. The van der Waals surface area contributed by atoms with Gasteiger partial charge in [0.15, 0.2) is 11.4 Å². The van der Waals surface area contributed by atoms with Gasteiger partial charge in [0.2, 0.25) is 5.78 Å². The first kappa shape index (κ1) is 27.3. The molecule has 1 unspecified atom stereocenters. The SMILES string of the molecule is C/C(=N\OC(C)(C)C)c1ccc(O)c2c1C[C@H]1C[C@H]3C(N(C)C)C(=O)C(C(N)=O)=C(O)[C@]3(O)C(=O)C1=C2O. The van der Waals surface area contributed by atoms with E-state index in [1.54, 1.807) is 27.1 Å². The van der Waals surface area contributed by atoms with Crippen molar-refractivity contribution in [2.24, 2.45) is 22.7 Å². The van der Waals surface area contributed by atoms with E-state index in [4.69, 9.17) is 10.6 Å². The van der Waals surface area contributed by atoms with Crippen LogP contribution in [-0.2, 0) is 25.6 Å². The molecule has 11 nitrogen and oxygen atoms in total. The Hall–Kier alpha value is -3.70. The summed E-state index contributed by atoms with van der Waals surface area (Å²) in [4.78, 5) is 46.1. The predicted octanol–water partition coefficient (Wildman–Crippen LogP) is 1.50. The molecule has 1 fully saturated rings. The number of rotatable bonds is 4. The van der Waals surface area contributed by atoms with Gasteiger partial charge in [0.05, 0.1) is 17.3 Å². The fourth-order valence-corrected chi connectivity index (χ4v) is 5.84. The van der Waals surface area contributed by atoms with E-state index in [9.17, 15) is 34.8 Å². The fraction of sp³-hybridized carbons (Fsp3) is 0.481. The minimum absolute atomic E-state index is 0.00379. The van der Waals surface area contributed by atoms with Crippen LogP contribution in [0.2, 0.25) is 0 Å². The Labute approximate surface area is 219 Å². The summed E-state index contributed by atoms with van der Waals surface area (Å²) < 4.78 is 0. The third kappa shape index (κ3) is 3.97. The molecule has 11 heteroatoms. The number of likely N-dealkylation sites (N-methyl/N-ethyl adjacent to an activating group) is 1.